The van der Waals surface area contributed by atoms with Crippen LogP contribution in [0.1, 0.15) is 12.5 Å². The highest BCUT2D eigenvalue weighted by Crippen LogP contribution is 2.53. The van der Waals surface area contributed by atoms with Gasteiger partial charge in [-0.05, 0) is 29.8 Å². The molecule has 15 heteroatoms. The summed E-state index contributed by atoms with van der Waals surface area (Å²) in [4.78, 5) is 10.4. The molecule has 182 valence electrons. The molecule has 2 rings (SSSR count). The molecule has 0 aliphatic heterocycles. The van der Waals surface area contributed by atoms with Gasteiger partial charge in [-0.25, -0.2) is 16.8 Å². The van der Waals surface area contributed by atoms with Crippen LogP contribution in [-0.4, -0.2) is 37.2 Å². The molecule has 2 aromatic rings. The molecule has 0 atom stereocenters. The Morgan fingerprint density at radius 1 is 0.818 bits per heavy atom. The minimum Gasteiger partial charge on any atom is -0.427 e. The predicted molar refractivity (Wildman–Crippen MR) is 106 cm³/mol. The van der Waals surface area contributed by atoms with E-state index in [4.69, 9.17) is 4.74 Å². The predicted octanol–water partition coefficient (Wildman–Crippen LogP) is 4.47. The van der Waals surface area contributed by atoms with Crippen LogP contribution in [0.5, 0.6) is 5.75 Å². The van der Waals surface area contributed by atoms with E-state index in [1.807, 2.05) is 0 Å². The van der Waals surface area contributed by atoms with Gasteiger partial charge in [0, 0.05) is 18.2 Å². The summed E-state index contributed by atoms with van der Waals surface area (Å²) in [6, 6.07) is 9.31. The van der Waals surface area contributed by atoms with Crippen LogP contribution >= 0.6 is 11.8 Å². The zero-order valence-corrected chi connectivity index (χ0v) is 18.8. The van der Waals surface area contributed by atoms with Crippen LogP contribution < -0.4 is 4.74 Å². The Balaban J connectivity index is 2.83. The Bertz CT molecular complexity index is 1160. The van der Waals surface area contributed by atoms with Gasteiger partial charge in [0.15, 0.2) is 0 Å². The number of carbonyl (C=O) groups is 1. The van der Waals surface area contributed by atoms with Crippen molar-refractivity contribution >= 4 is 37.4 Å². The standard InChI is InChI=1S/C18H14F6O6S3/c1-12(25)30-14-7-9-15(10-8-14)31-16(32(26,27)17(19,20)21,33(28,29)18(22,23)24)11-13-5-3-2-4-6-13/h2-10H,11H2,1H3. The monoisotopic (exact) mass is 536 g/mol. The van der Waals surface area contributed by atoms with E-state index in [0.29, 0.717) is 0 Å². The lowest BCUT2D eigenvalue weighted by molar-refractivity contribution is -0.131. The normalized spacial score (nSPS) is 13.5. The zero-order valence-electron chi connectivity index (χ0n) is 16.3. The summed E-state index contributed by atoms with van der Waals surface area (Å²) in [6.07, 6.45) is -1.66. The first-order valence-electron chi connectivity index (χ1n) is 8.58. The van der Waals surface area contributed by atoms with Crippen molar-refractivity contribution in [3.63, 3.8) is 0 Å². The number of hydrogen-bond acceptors (Lipinski definition) is 7. The van der Waals surface area contributed by atoms with Gasteiger partial charge in [-0.1, -0.05) is 42.1 Å². The van der Waals surface area contributed by atoms with Gasteiger partial charge >= 0.3 is 17.0 Å². The number of benzene rings is 2. The van der Waals surface area contributed by atoms with E-state index in [9.17, 15) is 48.0 Å². The van der Waals surface area contributed by atoms with Gasteiger partial charge < -0.3 is 4.74 Å². The molecule has 0 aliphatic rings. The van der Waals surface area contributed by atoms with Gasteiger partial charge in [-0.3, -0.25) is 4.79 Å². The van der Waals surface area contributed by atoms with Gasteiger partial charge in [-0.2, -0.15) is 26.3 Å². The molecule has 0 unspecified atom stereocenters. The second kappa shape index (κ2) is 9.18. The van der Waals surface area contributed by atoms with E-state index in [2.05, 4.69) is 0 Å². The molecule has 0 saturated heterocycles. The van der Waals surface area contributed by atoms with Gasteiger partial charge in [0.1, 0.15) is 5.75 Å². The molecule has 0 aromatic heterocycles. The van der Waals surface area contributed by atoms with Gasteiger partial charge in [0.25, 0.3) is 19.7 Å². The summed E-state index contributed by atoms with van der Waals surface area (Å²) in [5, 5.41) is 0. The average molecular weight is 536 g/mol. The summed E-state index contributed by atoms with van der Waals surface area (Å²) in [5.41, 5.74) is -13.1. The number of thioether (sulfide) groups is 1. The summed E-state index contributed by atoms with van der Waals surface area (Å²) in [5.74, 6) is -0.939. The summed E-state index contributed by atoms with van der Waals surface area (Å²) in [7, 11) is -14.0. The van der Waals surface area contributed by atoms with E-state index in [-0.39, 0.29) is 5.75 Å². The van der Waals surface area contributed by atoms with Crippen molar-refractivity contribution in [2.75, 3.05) is 0 Å². The number of alkyl halides is 6. The highest BCUT2D eigenvalue weighted by molar-refractivity contribution is 8.29. The Morgan fingerprint density at radius 2 is 1.27 bits per heavy atom. The molecule has 2 aromatic carbocycles. The van der Waals surface area contributed by atoms with E-state index in [1.165, 1.54) is 18.2 Å². The third kappa shape index (κ3) is 5.30. The van der Waals surface area contributed by atoms with E-state index < -0.39 is 68.7 Å². The van der Waals surface area contributed by atoms with E-state index >= 15 is 0 Å². The highest BCUT2D eigenvalue weighted by Gasteiger charge is 2.73. The number of esters is 1. The van der Waals surface area contributed by atoms with Gasteiger partial charge in [0.2, 0.25) is 3.41 Å². The second-order valence-electron chi connectivity index (χ2n) is 6.41. The molecular formula is C18H14F6O6S3. The lowest BCUT2D eigenvalue weighted by Crippen LogP contribution is -2.55. The van der Waals surface area contributed by atoms with Crippen LogP contribution in [0.25, 0.3) is 0 Å². The lowest BCUT2D eigenvalue weighted by atomic mass is 10.2. The van der Waals surface area contributed by atoms with Crippen LogP contribution in [0.4, 0.5) is 26.3 Å². The number of rotatable bonds is 7. The van der Waals surface area contributed by atoms with Gasteiger partial charge in [0.05, 0.1) is 0 Å². The Labute approximate surface area is 188 Å². The minimum atomic E-state index is -7.00. The quantitative estimate of drug-likeness (QED) is 0.223. The molecule has 33 heavy (non-hydrogen) atoms. The van der Waals surface area contributed by atoms with Crippen molar-refractivity contribution in [1.29, 1.82) is 0 Å². The van der Waals surface area contributed by atoms with E-state index in [0.717, 1.165) is 43.3 Å². The van der Waals surface area contributed by atoms with Crippen molar-refractivity contribution in [3.05, 3.63) is 60.2 Å². The SMILES string of the molecule is CC(=O)Oc1ccc(SC(Cc2ccccc2)(S(=O)(=O)C(F)(F)F)S(=O)(=O)C(F)(F)F)cc1. The smallest absolute Gasteiger partial charge is 0.427 e. The molecule has 0 spiro atoms. The third-order valence-electron chi connectivity index (χ3n) is 4.05. The molecule has 6 nitrogen and oxygen atoms in total. The largest absolute Gasteiger partial charge is 0.499 e. The van der Waals surface area contributed by atoms with Crippen LogP contribution in [0, 0.1) is 0 Å². The van der Waals surface area contributed by atoms with Gasteiger partial charge in [-0.15, -0.1) is 0 Å². The second-order valence-corrected chi connectivity index (χ2v) is 12.9. The first kappa shape index (κ1) is 27.0. The molecule has 0 radical (unpaired) electrons. The van der Waals surface area contributed by atoms with Crippen LogP contribution in [-0.2, 0) is 30.9 Å². The lowest BCUT2D eigenvalue weighted by Gasteiger charge is -2.33. The first-order valence-corrected chi connectivity index (χ1v) is 12.4. The topological polar surface area (TPSA) is 94.6 Å². The summed E-state index contributed by atoms with van der Waals surface area (Å²) >= 11 is -0.630. The maximum Gasteiger partial charge on any atom is 0.499 e. The Hall–Kier alpha value is -2.26. The molecule has 0 fully saturated rings. The molecular weight excluding hydrogens is 522 g/mol. The fraction of sp³-hybridized carbons (Fsp3) is 0.278. The molecule has 0 aliphatic carbocycles. The summed E-state index contributed by atoms with van der Waals surface area (Å²) < 4.78 is 132. The molecule has 0 N–H and O–H groups in total. The fourth-order valence-electron chi connectivity index (χ4n) is 2.60. The van der Waals surface area contributed by atoms with Crippen molar-refractivity contribution in [2.45, 2.75) is 32.7 Å². The van der Waals surface area contributed by atoms with Crippen LogP contribution in [0.2, 0.25) is 0 Å². The van der Waals surface area contributed by atoms with Crippen LogP contribution in [0.15, 0.2) is 59.5 Å². The Kier molecular flexibility index (Phi) is 7.50. The molecule has 0 saturated carbocycles. The first-order chi connectivity index (χ1) is 14.9. The van der Waals surface area contributed by atoms with Crippen molar-refractivity contribution in [1.82, 2.24) is 0 Å². The number of carbonyl (C=O) groups excluding carboxylic acids is 1. The molecule has 0 bridgehead atoms. The minimum absolute atomic E-state index is 0.155. The van der Waals surface area contributed by atoms with Crippen molar-refractivity contribution in [3.8, 4) is 5.75 Å². The van der Waals surface area contributed by atoms with Crippen molar-refractivity contribution < 1.29 is 52.7 Å². The summed E-state index contributed by atoms with van der Waals surface area (Å²) in [6.45, 7) is 1.03. The highest BCUT2D eigenvalue weighted by atomic mass is 32.3. The number of ether oxygens (including phenoxy) is 1. The van der Waals surface area contributed by atoms with Crippen molar-refractivity contribution in [2.24, 2.45) is 0 Å². The van der Waals surface area contributed by atoms with Crippen LogP contribution in [0.3, 0.4) is 0 Å². The molecule has 0 amide bonds. The zero-order chi connectivity index (χ0) is 25.3. The number of hydrogen-bond donors (Lipinski definition) is 0. The number of halogens is 6. The molecule has 0 heterocycles. The average Bonchev–Trinajstić information content (AvgIpc) is 2.67. The maximum atomic E-state index is 13.6. The third-order valence-corrected chi connectivity index (χ3v) is 11.3. The number of sulfone groups is 2. The Morgan fingerprint density at radius 3 is 1.67 bits per heavy atom. The van der Waals surface area contributed by atoms with E-state index in [1.54, 1.807) is 0 Å². The fourth-order valence-corrected chi connectivity index (χ4v) is 8.63. The maximum absolute atomic E-state index is 13.6.